The second-order valence-electron chi connectivity index (χ2n) is 7.74. The minimum atomic E-state index is -0.660. The van der Waals surface area contributed by atoms with Crippen molar-refractivity contribution in [2.75, 3.05) is 6.61 Å². The number of nitrogens with two attached hydrogens (primary N) is 1. The molecule has 9 heteroatoms. The highest BCUT2D eigenvalue weighted by Crippen LogP contribution is 2.46. The van der Waals surface area contributed by atoms with Gasteiger partial charge in [0.05, 0.1) is 17.5 Å². The average molecular weight is 492 g/mol. The van der Waals surface area contributed by atoms with Crippen molar-refractivity contribution in [3.63, 3.8) is 0 Å². The topological polar surface area (TPSA) is 87.9 Å². The summed E-state index contributed by atoms with van der Waals surface area (Å²) in [5, 5.41) is 0.176. The van der Waals surface area contributed by atoms with Gasteiger partial charge in [-0.05, 0) is 44.5 Å². The van der Waals surface area contributed by atoms with Crippen molar-refractivity contribution in [2.45, 2.75) is 45.6 Å². The van der Waals surface area contributed by atoms with Crippen molar-refractivity contribution in [2.24, 2.45) is 5.73 Å². The fraction of sp³-hybridized carbons (Fsp3) is 0.333. The van der Waals surface area contributed by atoms with Gasteiger partial charge in [0.2, 0.25) is 5.88 Å². The summed E-state index contributed by atoms with van der Waals surface area (Å²) in [5.41, 5.74) is 7.61. The Morgan fingerprint density at radius 1 is 1.33 bits per heavy atom. The first-order chi connectivity index (χ1) is 15.8. The van der Waals surface area contributed by atoms with Crippen LogP contribution in [0.5, 0.6) is 5.75 Å². The van der Waals surface area contributed by atoms with Gasteiger partial charge in [0.25, 0.3) is 0 Å². The number of thiophene rings is 1. The van der Waals surface area contributed by atoms with Crippen LogP contribution in [0, 0.1) is 12.7 Å². The molecule has 6 nitrogen and oxygen atoms in total. The average Bonchev–Trinajstić information content (AvgIpc) is 3.12. The normalized spacial score (nSPS) is 18.2. The monoisotopic (exact) mass is 491 g/mol. The van der Waals surface area contributed by atoms with E-state index in [1.54, 1.807) is 6.92 Å². The Morgan fingerprint density at radius 3 is 2.85 bits per heavy atom. The first-order valence-electron chi connectivity index (χ1n) is 10.6. The van der Waals surface area contributed by atoms with E-state index in [-0.39, 0.29) is 35.5 Å². The van der Waals surface area contributed by atoms with Gasteiger partial charge in [-0.15, -0.1) is 11.3 Å². The maximum absolute atomic E-state index is 13.3. The molecule has 2 aromatic rings. The molecule has 1 aromatic heterocycles. The number of Topliss-reactive ketones (excluding diaryl/α,β-unsaturated/α-hetero) is 1. The highest BCUT2D eigenvalue weighted by molar-refractivity contribution is 7.12. The fourth-order valence-corrected chi connectivity index (χ4v) is 5.41. The van der Waals surface area contributed by atoms with Crippen molar-refractivity contribution in [1.29, 1.82) is 0 Å². The third-order valence-corrected chi connectivity index (χ3v) is 7.03. The molecule has 33 heavy (non-hydrogen) atoms. The Balaban J connectivity index is 1.70. The number of benzene rings is 1. The van der Waals surface area contributed by atoms with E-state index < -0.39 is 17.7 Å². The maximum atomic E-state index is 13.3. The molecule has 1 aliphatic heterocycles. The molecular formula is C24H23ClFNO5S. The summed E-state index contributed by atoms with van der Waals surface area (Å²) in [5.74, 6) is -0.924. The first-order valence-corrected chi connectivity index (χ1v) is 11.8. The van der Waals surface area contributed by atoms with E-state index in [1.807, 2.05) is 13.0 Å². The molecule has 0 bridgehead atoms. The van der Waals surface area contributed by atoms with Gasteiger partial charge in [0.1, 0.15) is 29.5 Å². The third kappa shape index (κ3) is 4.63. The van der Waals surface area contributed by atoms with Gasteiger partial charge < -0.3 is 19.9 Å². The van der Waals surface area contributed by atoms with Crippen molar-refractivity contribution in [3.05, 3.63) is 73.2 Å². The van der Waals surface area contributed by atoms with E-state index >= 15 is 0 Å². The van der Waals surface area contributed by atoms with Crippen molar-refractivity contribution >= 4 is 34.7 Å². The minimum Gasteiger partial charge on any atom is -0.487 e. The summed E-state index contributed by atoms with van der Waals surface area (Å²) in [4.78, 5) is 27.4. The predicted octanol–water partition coefficient (Wildman–Crippen LogP) is 5.28. The van der Waals surface area contributed by atoms with Gasteiger partial charge in [0.15, 0.2) is 5.78 Å². The van der Waals surface area contributed by atoms with E-state index in [9.17, 15) is 14.0 Å². The second-order valence-corrected chi connectivity index (χ2v) is 9.44. The Hall–Kier alpha value is -2.84. The summed E-state index contributed by atoms with van der Waals surface area (Å²) < 4.78 is 30.0. The van der Waals surface area contributed by atoms with E-state index in [2.05, 4.69) is 0 Å². The lowest BCUT2D eigenvalue weighted by Gasteiger charge is -2.31. The van der Waals surface area contributed by atoms with Crippen LogP contribution in [0.3, 0.4) is 0 Å². The molecule has 0 saturated carbocycles. The molecule has 1 atom stereocenters. The van der Waals surface area contributed by atoms with Gasteiger partial charge in [-0.2, -0.15) is 0 Å². The Kier molecular flexibility index (Phi) is 6.76. The highest BCUT2D eigenvalue weighted by atomic mass is 35.5. The molecule has 2 aliphatic rings. The molecule has 2 heterocycles. The zero-order valence-corrected chi connectivity index (χ0v) is 19.8. The lowest BCUT2D eigenvalue weighted by molar-refractivity contribution is -0.139. The van der Waals surface area contributed by atoms with Gasteiger partial charge in [-0.3, -0.25) is 4.79 Å². The number of allylic oxidation sites excluding steroid dienone is 2. The van der Waals surface area contributed by atoms with E-state index in [0.29, 0.717) is 36.3 Å². The zero-order valence-electron chi connectivity index (χ0n) is 18.2. The van der Waals surface area contributed by atoms with Crippen LogP contribution in [0.25, 0.3) is 0 Å². The van der Waals surface area contributed by atoms with Crippen LogP contribution in [0.1, 0.15) is 47.4 Å². The number of hydrogen-bond acceptors (Lipinski definition) is 7. The molecule has 0 fully saturated rings. The smallest absolute Gasteiger partial charge is 0.340 e. The maximum Gasteiger partial charge on any atom is 0.340 e. The molecule has 1 aliphatic carbocycles. The number of carbonyl (C=O) groups is 2. The summed E-state index contributed by atoms with van der Waals surface area (Å²) in [6.07, 6.45) is 1.64. The molecule has 2 N–H and O–H groups in total. The number of halogens is 2. The summed E-state index contributed by atoms with van der Waals surface area (Å²) in [6, 6.07) is 5.83. The van der Waals surface area contributed by atoms with Crippen LogP contribution in [0.2, 0.25) is 5.02 Å². The fourth-order valence-electron chi connectivity index (χ4n) is 4.03. The molecular weight excluding hydrogens is 469 g/mol. The lowest BCUT2D eigenvalue weighted by atomic mass is 9.80. The lowest BCUT2D eigenvalue weighted by Crippen LogP contribution is -2.31. The molecule has 0 spiro atoms. The number of hydrogen-bond donors (Lipinski definition) is 1. The van der Waals surface area contributed by atoms with Crippen LogP contribution < -0.4 is 10.5 Å². The van der Waals surface area contributed by atoms with Crippen molar-refractivity contribution in [1.82, 2.24) is 0 Å². The predicted molar refractivity (Wildman–Crippen MR) is 122 cm³/mol. The molecule has 0 radical (unpaired) electrons. The van der Waals surface area contributed by atoms with Gasteiger partial charge in [-0.1, -0.05) is 11.6 Å². The van der Waals surface area contributed by atoms with Crippen LogP contribution >= 0.6 is 22.9 Å². The number of aryl methyl sites for hydroxylation is 1. The molecule has 0 amide bonds. The van der Waals surface area contributed by atoms with E-state index in [4.69, 9.17) is 31.5 Å². The number of ketones is 1. The number of ether oxygens (including phenoxy) is 3. The Bertz CT molecular complexity index is 1190. The van der Waals surface area contributed by atoms with Gasteiger partial charge >= 0.3 is 5.97 Å². The summed E-state index contributed by atoms with van der Waals surface area (Å²) in [6.45, 7) is 3.98. The number of rotatable bonds is 6. The van der Waals surface area contributed by atoms with Crippen molar-refractivity contribution in [3.8, 4) is 5.75 Å². The third-order valence-electron chi connectivity index (χ3n) is 5.58. The van der Waals surface area contributed by atoms with Crippen LogP contribution in [-0.4, -0.2) is 18.4 Å². The molecule has 1 aromatic carbocycles. The number of esters is 1. The van der Waals surface area contributed by atoms with Crippen LogP contribution in [0.4, 0.5) is 4.39 Å². The Morgan fingerprint density at radius 2 is 2.12 bits per heavy atom. The van der Waals surface area contributed by atoms with Crippen molar-refractivity contribution < 1.29 is 28.2 Å². The molecule has 174 valence electrons. The molecule has 4 rings (SSSR count). The second kappa shape index (κ2) is 9.57. The van der Waals surface area contributed by atoms with E-state index in [0.717, 1.165) is 15.3 Å². The standard InChI is InChI=1S/C24H23ClFNO5S/c1-3-30-24(29)22-21(20-16(28)5-4-6-18(20)32-23(22)27)19-9-13(12(2)33-19)11-31-17-8-7-14(26)10-15(17)25/h7-10,21H,3-6,11,27H2,1-2H3. The first kappa shape index (κ1) is 23.3. The zero-order chi connectivity index (χ0) is 23.7. The summed E-state index contributed by atoms with van der Waals surface area (Å²) >= 11 is 7.51. The molecule has 0 saturated heterocycles. The van der Waals surface area contributed by atoms with Gasteiger partial charge in [-0.25, -0.2) is 9.18 Å². The van der Waals surface area contributed by atoms with Gasteiger partial charge in [0, 0.05) is 33.7 Å². The SMILES string of the molecule is CCOC(=O)C1=C(N)OC2=C(C(=O)CCC2)C1c1cc(COc2ccc(F)cc2Cl)c(C)s1. The van der Waals surface area contributed by atoms with Crippen LogP contribution in [0.15, 0.2) is 47.1 Å². The largest absolute Gasteiger partial charge is 0.487 e. The molecule has 1 unspecified atom stereocenters. The summed E-state index contributed by atoms with van der Waals surface area (Å²) in [7, 11) is 0. The minimum absolute atomic E-state index is 0.0335. The quantitative estimate of drug-likeness (QED) is 0.553. The Labute approximate surface area is 199 Å². The van der Waals surface area contributed by atoms with Crippen LogP contribution in [-0.2, 0) is 25.7 Å². The van der Waals surface area contributed by atoms with E-state index in [1.165, 1.54) is 29.5 Å². The number of carbonyl (C=O) groups excluding carboxylic acids is 2. The highest BCUT2D eigenvalue weighted by Gasteiger charge is 2.42.